The Morgan fingerprint density at radius 1 is 0.833 bits per heavy atom. The zero-order valence-electron chi connectivity index (χ0n) is 23.7. The van der Waals surface area contributed by atoms with E-state index in [0.717, 1.165) is 13.0 Å². The summed E-state index contributed by atoms with van der Waals surface area (Å²) in [5.41, 5.74) is 0. The van der Waals surface area contributed by atoms with Gasteiger partial charge in [-0.15, -0.1) is 0 Å². The van der Waals surface area contributed by atoms with Gasteiger partial charge in [0.25, 0.3) is 0 Å². The van der Waals surface area contributed by atoms with Crippen molar-refractivity contribution in [2.75, 3.05) is 79.6 Å². The number of carbonyl (C=O) groups excluding carboxylic acids is 1. The van der Waals surface area contributed by atoms with Gasteiger partial charge in [-0.2, -0.15) is 0 Å². The second-order valence-electron chi connectivity index (χ2n) is 9.79. The highest BCUT2D eigenvalue weighted by Gasteiger charge is 2.29. The van der Waals surface area contributed by atoms with Gasteiger partial charge in [-0.3, -0.25) is 4.79 Å². The molecule has 2 N–H and O–H groups in total. The van der Waals surface area contributed by atoms with Crippen molar-refractivity contribution in [2.45, 2.75) is 64.1 Å². The van der Waals surface area contributed by atoms with Crippen molar-refractivity contribution in [3.8, 4) is 0 Å². The van der Waals surface area contributed by atoms with Crippen LogP contribution in [0.5, 0.6) is 0 Å². The maximum Gasteiger partial charge on any atom is 0.222 e. The Labute approximate surface area is 228 Å². The van der Waals surface area contributed by atoms with Crippen LogP contribution in [-0.2, 0) is 28.5 Å². The van der Waals surface area contributed by atoms with Crippen molar-refractivity contribution in [1.29, 1.82) is 0 Å². The maximum atomic E-state index is 11.7. The van der Waals surface area contributed by atoms with E-state index in [2.05, 4.69) is 58.3 Å². The first-order valence-electron chi connectivity index (χ1n) is 13.0. The molecule has 0 aliphatic rings. The van der Waals surface area contributed by atoms with E-state index < -0.39 is 0 Å². The Kier molecular flexibility index (Phi) is 22.4. The number of hydrogen-bond acceptors (Lipinski definition) is 9. The zero-order chi connectivity index (χ0) is 27.1. The van der Waals surface area contributed by atoms with Crippen LogP contribution in [0.25, 0.3) is 0 Å². The van der Waals surface area contributed by atoms with Crippen LogP contribution >= 0.6 is 21.6 Å². The summed E-state index contributed by atoms with van der Waals surface area (Å²) >= 11 is 0. The summed E-state index contributed by atoms with van der Waals surface area (Å²) in [7, 11) is 5.46. The van der Waals surface area contributed by atoms with Gasteiger partial charge in [-0.25, -0.2) is 0 Å². The summed E-state index contributed by atoms with van der Waals surface area (Å²) in [4.78, 5) is 11.4. The molecule has 1 amide bonds. The molecule has 0 aliphatic heterocycles. The Morgan fingerprint density at radius 3 is 2.03 bits per heavy atom. The molecule has 0 aromatic heterocycles. The highest BCUT2D eigenvalue weighted by atomic mass is 33.1. The minimum absolute atomic E-state index is 0.00654. The van der Waals surface area contributed by atoms with Gasteiger partial charge in [0, 0.05) is 30.7 Å². The number of amides is 1. The van der Waals surface area contributed by atoms with Crippen LogP contribution in [0.2, 0.25) is 0 Å². The molecule has 8 nitrogen and oxygen atoms in total. The largest absolute Gasteiger partial charge is 0.379 e. The smallest absolute Gasteiger partial charge is 0.222 e. The molecule has 0 fully saturated rings. The lowest BCUT2D eigenvalue weighted by atomic mass is 10.2. The lowest BCUT2D eigenvalue weighted by molar-refractivity contribution is -0.122. The summed E-state index contributed by atoms with van der Waals surface area (Å²) in [6, 6.07) is 0. The lowest BCUT2D eigenvalue weighted by Crippen LogP contribution is -2.29. The standard InChI is InChI=1S/C26H52N2O6S2/c1-23(2)9-8-12-28-24(29)10-14-30-17-20-33-21-22-34-26(6,36-35-25(3,4)5)11-15-31-18-19-32-16-13-27-7/h8-9,23,27H,10-22H2,1-7H3,(H,28,29)/b9-8+/t26-/m1/s1. The molecule has 10 heteroatoms. The van der Waals surface area contributed by atoms with Crippen LogP contribution in [0, 0.1) is 5.92 Å². The molecule has 0 spiro atoms. The van der Waals surface area contributed by atoms with Crippen molar-refractivity contribution >= 4 is 27.5 Å². The summed E-state index contributed by atoms with van der Waals surface area (Å²) in [5.74, 6) is 0.483. The van der Waals surface area contributed by atoms with Crippen LogP contribution in [0.4, 0.5) is 0 Å². The summed E-state index contributed by atoms with van der Waals surface area (Å²) in [5, 5.41) is 5.90. The third kappa shape index (κ3) is 25.3. The van der Waals surface area contributed by atoms with Crippen LogP contribution in [0.1, 0.15) is 54.4 Å². The third-order valence-corrected chi connectivity index (χ3v) is 8.52. The van der Waals surface area contributed by atoms with Gasteiger partial charge in [0.1, 0.15) is 4.93 Å². The highest BCUT2D eigenvalue weighted by Crippen LogP contribution is 2.45. The van der Waals surface area contributed by atoms with Crippen molar-refractivity contribution in [3.63, 3.8) is 0 Å². The Bertz CT molecular complexity index is 561. The van der Waals surface area contributed by atoms with Crippen LogP contribution < -0.4 is 10.6 Å². The molecule has 0 aliphatic carbocycles. The lowest BCUT2D eigenvalue weighted by Gasteiger charge is -2.31. The number of rotatable bonds is 24. The van der Waals surface area contributed by atoms with E-state index >= 15 is 0 Å². The van der Waals surface area contributed by atoms with Crippen LogP contribution in [0.3, 0.4) is 0 Å². The van der Waals surface area contributed by atoms with Gasteiger partial charge >= 0.3 is 0 Å². The fraction of sp³-hybridized carbons (Fsp3) is 0.885. The summed E-state index contributed by atoms with van der Waals surface area (Å²) in [6.07, 6.45) is 5.17. The van der Waals surface area contributed by atoms with Crippen LogP contribution in [0.15, 0.2) is 12.2 Å². The quantitative estimate of drug-likeness (QED) is 0.0788. The molecule has 1 atom stereocenters. The van der Waals surface area contributed by atoms with Gasteiger partial charge < -0.3 is 34.3 Å². The Balaban J connectivity index is 3.98. The topological polar surface area (TPSA) is 87.3 Å². The van der Waals surface area contributed by atoms with Gasteiger partial charge in [-0.05, 0) is 19.9 Å². The molecule has 36 heavy (non-hydrogen) atoms. The third-order valence-electron chi connectivity index (χ3n) is 4.46. The predicted molar refractivity (Wildman–Crippen MR) is 153 cm³/mol. The fourth-order valence-electron chi connectivity index (χ4n) is 2.51. The molecule has 214 valence electrons. The van der Waals surface area contributed by atoms with Gasteiger partial charge in [0.05, 0.1) is 59.5 Å². The van der Waals surface area contributed by atoms with Crippen molar-refractivity contribution < 1.29 is 28.5 Å². The van der Waals surface area contributed by atoms with Gasteiger partial charge in [-0.1, -0.05) is 68.4 Å². The summed E-state index contributed by atoms with van der Waals surface area (Å²) in [6.45, 7) is 19.1. The van der Waals surface area contributed by atoms with Crippen molar-refractivity contribution in [1.82, 2.24) is 10.6 Å². The highest BCUT2D eigenvalue weighted by molar-refractivity contribution is 8.77. The second kappa shape index (κ2) is 22.6. The first-order valence-corrected chi connectivity index (χ1v) is 15.1. The average molecular weight is 553 g/mol. The molecular formula is C26H52N2O6S2. The minimum atomic E-state index is -0.373. The van der Waals surface area contributed by atoms with Gasteiger partial charge in [0.15, 0.2) is 0 Å². The van der Waals surface area contributed by atoms with E-state index in [1.165, 1.54) is 0 Å². The number of hydrogen-bond donors (Lipinski definition) is 2. The number of nitrogens with one attached hydrogen (secondary N) is 2. The molecule has 0 saturated carbocycles. The zero-order valence-corrected chi connectivity index (χ0v) is 25.3. The van der Waals surface area contributed by atoms with E-state index in [9.17, 15) is 4.79 Å². The fourth-order valence-corrected chi connectivity index (χ4v) is 4.91. The minimum Gasteiger partial charge on any atom is -0.379 e. The molecular weight excluding hydrogens is 500 g/mol. The Morgan fingerprint density at radius 2 is 1.42 bits per heavy atom. The molecule has 0 aromatic rings. The van der Waals surface area contributed by atoms with Crippen molar-refractivity contribution in [3.05, 3.63) is 12.2 Å². The van der Waals surface area contributed by atoms with E-state index in [4.69, 9.17) is 23.7 Å². The van der Waals surface area contributed by atoms with Crippen molar-refractivity contribution in [2.24, 2.45) is 5.92 Å². The molecule has 0 heterocycles. The maximum absolute atomic E-state index is 11.7. The SMILES string of the molecule is CNCCOCCOCC[C@](C)(OCCOCCOCCC(=O)NC/C=C/C(C)C)SSC(C)(C)C. The van der Waals surface area contributed by atoms with E-state index in [-0.39, 0.29) is 15.6 Å². The number of carbonyl (C=O) groups is 1. The second-order valence-corrected chi connectivity index (χ2v) is 13.2. The first kappa shape index (κ1) is 35.7. The summed E-state index contributed by atoms with van der Waals surface area (Å²) < 4.78 is 28.7. The molecule has 0 saturated heterocycles. The Hall–Kier alpha value is -0.330. The number of ether oxygens (including phenoxy) is 5. The van der Waals surface area contributed by atoms with E-state index in [1.807, 2.05) is 23.9 Å². The molecule has 0 unspecified atom stereocenters. The molecule has 0 rings (SSSR count). The molecule has 0 radical (unpaired) electrons. The molecule has 0 bridgehead atoms. The van der Waals surface area contributed by atoms with E-state index in [1.54, 1.807) is 10.8 Å². The number of allylic oxidation sites excluding steroid dienone is 1. The van der Waals surface area contributed by atoms with Crippen LogP contribution in [-0.4, -0.2) is 95.2 Å². The van der Waals surface area contributed by atoms with E-state index in [0.29, 0.717) is 78.3 Å². The first-order chi connectivity index (χ1) is 17.1. The number of likely N-dealkylation sites (N-methyl/N-ethyl adjacent to an activating group) is 1. The monoisotopic (exact) mass is 552 g/mol. The predicted octanol–water partition coefficient (Wildman–Crippen LogP) is 4.29. The van der Waals surface area contributed by atoms with Gasteiger partial charge in [0.2, 0.25) is 5.91 Å². The molecule has 0 aromatic carbocycles. The normalized spacial score (nSPS) is 14.0. The average Bonchev–Trinajstić information content (AvgIpc) is 2.81.